The molecule has 4 rings (SSSR count). The topological polar surface area (TPSA) is 139 Å². The second kappa shape index (κ2) is 9.54. The molecule has 2 aromatic carbocycles. The summed E-state index contributed by atoms with van der Waals surface area (Å²) in [4.78, 5) is 43.8. The van der Waals surface area contributed by atoms with Gasteiger partial charge >= 0.3 is 17.9 Å². The monoisotopic (exact) mass is 475 g/mol. The minimum Gasteiger partial charge on any atom is -0.481 e. The van der Waals surface area contributed by atoms with Gasteiger partial charge in [-0.05, 0) is 29.5 Å². The summed E-state index contributed by atoms with van der Waals surface area (Å²) < 4.78 is 4.93. The van der Waals surface area contributed by atoms with Gasteiger partial charge in [-0.3, -0.25) is 9.59 Å². The number of aromatic nitrogens is 2. The van der Waals surface area contributed by atoms with Crippen LogP contribution in [0.3, 0.4) is 0 Å². The first-order valence-electron chi connectivity index (χ1n) is 11.1. The molecule has 0 bridgehead atoms. The smallest absolute Gasteiger partial charge is 0.354 e. The van der Waals surface area contributed by atoms with Crippen molar-refractivity contribution in [3.05, 3.63) is 77.6 Å². The highest BCUT2D eigenvalue weighted by Crippen LogP contribution is 2.55. The van der Waals surface area contributed by atoms with E-state index in [1.54, 1.807) is 6.92 Å². The summed E-state index contributed by atoms with van der Waals surface area (Å²) in [5, 5.41) is 21.7. The molecule has 0 saturated heterocycles. The molecule has 1 aliphatic carbocycles. The van der Waals surface area contributed by atoms with Crippen LogP contribution in [-0.4, -0.2) is 50.7 Å². The molecule has 2 unspecified atom stereocenters. The Morgan fingerprint density at radius 1 is 1.03 bits per heavy atom. The van der Waals surface area contributed by atoms with Gasteiger partial charge in [0.1, 0.15) is 5.69 Å². The molecule has 3 aromatic rings. The van der Waals surface area contributed by atoms with Gasteiger partial charge < -0.3 is 20.3 Å². The highest BCUT2D eigenvalue weighted by atomic mass is 16.5. The highest BCUT2D eigenvalue weighted by Gasteiger charge is 2.57. The maximum absolute atomic E-state index is 13.1. The molecule has 1 fully saturated rings. The number of nitrogens with one attached hydrogen (secondary N) is 1. The number of hydrogen-bond donors (Lipinski definition) is 3. The van der Waals surface area contributed by atoms with Crippen molar-refractivity contribution in [2.75, 3.05) is 7.11 Å². The first-order valence-corrected chi connectivity index (χ1v) is 11.1. The average molecular weight is 476 g/mol. The number of carbonyl (C=O) groups is 3. The first kappa shape index (κ1) is 23.9. The van der Waals surface area contributed by atoms with Crippen molar-refractivity contribution in [2.45, 2.75) is 31.2 Å². The molecular weight excluding hydrogens is 450 g/mol. The van der Waals surface area contributed by atoms with E-state index in [0.29, 0.717) is 6.42 Å². The largest absolute Gasteiger partial charge is 0.481 e. The molecule has 1 heterocycles. The number of benzene rings is 2. The number of aromatic carboxylic acids is 1. The minimum atomic E-state index is -1.32. The molecule has 3 atom stereocenters. The van der Waals surface area contributed by atoms with Gasteiger partial charge in [-0.1, -0.05) is 61.5 Å². The fourth-order valence-electron chi connectivity index (χ4n) is 4.36. The number of aliphatic carboxylic acids is 1. The van der Waals surface area contributed by atoms with Crippen molar-refractivity contribution in [1.82, 2.24) is 15.3 Å². The molecule has 35 heavy (non-hydrogen) atoms. The van der Waals surface area contributed by atoms with E-state index in [-0.39, 0.29) is 29.7 Å². The van der Waals surface area contributed by atoms with Crippen molar-refractivity contribution in [3.8, 4) is 17.1 Å². The standard InChI is InChI=1S/C26H25N3O6/c1-15(23(31)32)13-26(29-22(30)20-12-21(24(33)34)28-25(27-20)35-2)14-19(26)18-10-8-17(9-11-18)16-6-4-3-5-7-16/h3-12,15,19H,13-14H2,1-2H3,(H,29,30)(H,31,32)(H,33,34)/t15-,19?,26?/m1/s1. The number of amides is 1. The Morgan fingerprint density at radius 3 is 2.26 bits per heavy atom. The van der Waals surface area contributed by atoms with E-state index in [1.807, 2.05) is 54.6 Å². The van der Waals surface area contributed by atoms with E-state index in [0.717, 1.165) is 22.8 Å². The molecule has 9 nitrogen and oxygen atoms in total. The summed E-state index contributed by atoms with van der Waals surface area (Å²) in [7, 11) is 1.27. The Hall–Kier alpha value is -4.27. The van der Waals surface area contributed by atoms with Gasteiger partial charge in [-0.15, -0.1) is 0 Å². The minimum absolute atomic E-state index is 0.0965. The molecule has 180 valence electrons. The Balaban J connectivity index is 1.60. The predicted molar refractivity (Wildman–Crippen MR) is 126 cm³/mol. The summed E-state index contributed by atoms with van der Waals surface area (Å²) in [5.41, 5.74) is 1.78. The molecule has 0 spiro atoms. The predicted octanol–water partition coefficient (Wildman–Crippen LogP) is 3.62. The van der Waals surface area contributed by atoms with E-state index in [9.17, 15) is 24.6 Å². The number of carboxylic acid groups (broad SMARTS) is 2. The number of methoxy groups -OCH3 is 1. The molecule has 0 radical (unpaired) electrons. The van der Waals surface area contributed by atoms with E-state index < -0.39 is 29.3 Å². The molecule has 1 aliphatic rings. The lowest BCUT2D eigenvalue weighted by molar-refractivity contribution is -0.141. The van der Waals surface area contributed by atoms with Gasteiger partial charge in [-0.25, -0.2) is 4.79 Å². The van der Waals surface area contributed by atoms with Crippen LogP contribution >= 0.6 is 0 Å². The van der Waals surface area contributed by atoms with E-state index in [1.165, 1.54) is 7.11 Å². The summed E-state index contributed by atoms with van der Waals surface area (Å²) in [5.74, 6) is -3.69. The zero-order valence-corrected chi connectivity index (χ0v) is 19.3. The van der Waals surface area contributed by atoms with E-state index in [2.05, 4.69) is 15.3 Å². The number of carboxylic acids is 2. The molecule has 0 aliphatic heterocycles. The van der Waals surface area contributed by atoms with Crippen LogP contribution in [0.2, 0.25) is 0 Å². The first-order chi connectivity index (χ1) is 16.7. The SMILES string of the molecule is COc1nc(C(=O)O)cc(C(=O)NC2(C[C@@H](C)C(=O)O)CC2c2ccc(-c3ccccc3)cc2)n1. The number of hydrogen-bond acceptors (Lipinski definition) is 6. The summed E-state index contributed by atoms with van der Waals surface area (Å²) in [6, 6.07) is 18.7. The van der Waals surface area contributed by atoms with E-state index in [4.69, 9.17) is 4.74 Å². The van der Waals surface area contributed by atoms with E-state index >= 15 is 0 Å². The second-order valence-electron chi connectivity index (χ2n) is 8.73. The van der Waals surface area contributed by atoms with Gasteiger partial charge in [0.25, 0.3) is 5.91 Å². The lowest BCUT2D eigenvalue weighted by Crippen LogP contribution is -2.41. The van der Waals surface area contributed by atoms with Crippen LogP contribution < -0.4 is 10.1 Å². The molecule has 9 heteroatoms. The van der Waals surface area contributed by atoms with Gasteiger partial charge in [0.05, 0.1) is 13.0 Å². The molecular formula is C26H25N3O6. The van der Waals surface area contributed by atoms with Crippen molar-refractivity contribution in [3.63, 3.8) is 0 Å². The van der Waals surface area contributed by atoms with Crippen molar-refractivity contribution < 1.29 is 29.3 Å². The third kappa shape index (κ3) is 5.13. The molecule has 1 aromatic heterocycles. The summed E-state index contributed by atoms with van der Waals surface area (Å²) in [6.45, 7) is 1.60. The van der Waals surface area contributed by atoms with Crippen LogP contribution in [0, 0.1) is 5.92 Å². The Bertz CT molecular complexity index is 1260. The molecule has 3 N–H and O–H groups in total. The number of rotatable bonds is 9. The lowest BCUT2D eigenvalue weighted by Gasteiger charge is -2.22. The van der Waals surface area contributed by atoms with Crippen LogP contribution in [0.4, 0.5) is 0 Å². The molecule has 1 amide bonds. The third-order valence-electron chi connectivity index (χ3n) is 6.29. The zero-order valence-electron chi connectivity index (χ0n) is 19.3. The van der Waals surface area contributed by atoms with Crippen LogP contribution in [0.25, 0.3) is 11.1 Å². The fourth-order valence-corrected chi connectivity index (χ4v) is 4.36. The fraction of sp³-hybridized carbons (Fsp3) is 0.269. The molecule has 1 saturated carbocycles. The summed E-state index contributed by atoms with van der Waals surface area (Å²) >= 11 is 0. The lowest BCUT2D eigenvalue weighted by atomic mass is 9.94. The van der Waals surface area contributed by atoms with Crippen LogP contribution in [-0.2, 0) is 4.79 Å². The van der Waals surface area contributed by atoms with Crippen LogP contribution in [0.15, 0.2) is 60.7 Å². The van der Waals surface area contributed by atoms with Crippen molar-refractivity contribution >= 4 is 17.8 Å². The maximum Gasteiger partial charge on any atom is 0.354 e. The Morgan fingerprint density at radius 2 is 1.66 bits per heavy atom. The number of nitrogens with zero attached hydrogens (tertiary/aromatic N) is 2. The second-order valence-corrected chi connectivity index (χ2v) is 8.73. The number of ether oxygens (including phenoxy) is 1. The van der Waals surface area contributed by atoms with Gasteiger partial charge in [0.15, 0.2) is 5.69 Å². The summed E-state index contributed by atoms with van der Waals surface area (Å²) in [6.07, 6.45) is 0.766. The maximum atomic E-state index is 13.1. The third-order valence-corrected chi connectivity index (χ3v) is 6.29. The average Bonchev–Trinajstić information content (AvgIpc) is 3.56. The van der Waals surface area contributed by atoms with Crippen LogP contribution in [0.1, 0.15) is 52.2 Å². The zero-order chi connectivity index (χ0) is 25.2. The Kier molecular flexibility index (Phi) is 6.50. The highest BCUT2D eigenvalue weighted by molar-refractivity contribution is 5.96. The van der Waals surface area contributed by atoms with Crippen molar-refractivity contribution in [1.29, 1.82) is 0 Å². The van der Waals surface area contributed by atoms with Gasteiger partial charge in [0.2, 0.25) is 0 Å². The van der Waals surface area contributed by atoms with Gasteiger partial charge in [-0.2, -0.15) is 9.97 Å². The van der Waals surface area contributed by atoms with Crippen LogP contribution in [0.5, 0.6) is 6.01 Å². The van der Waals surface area contributed by atoms with Gasteiger partial charge in [0, 0.05) is 17.5 Å². The number of carbonyl (C=O) groups excluding carboxylic acids is 1. The van der Waals surface area contributed by atoms with Crippen molar-refractivity contribution in [2.24, 2.45) is 5.92 Å². The Labute approximate surface area is 201 Å². The normalized spacial score (nSPS) is 19.4. The quantitative estimate of drug-likeness (QED) is 0.427.